The Kier molecular flexibility index (Phi) is 3.81. The number of benzene rings is 1. The number of nitrogens with one attached hydrogen (secondary N) is 1. The number of nitrogens with zero attached hydrogens (tertiary/aromatic N) is 2. The first-order chi connectivity index (χ1) is 8.77. The fourth-order valence-corrected chi connectivity index (χ4v) is 1.46. The molecule has 2 rings (SSSR count). The number of hydrazone groups is 1. The molecular weight excluding hydrogens is 226 g/mol. The lowest BCUT2D eigenvalue weighted by Crippen LogP contribution is -2.17. The van der Waals surface area contributed by atoms with Crippen LogP contribution in [0.25, 0.3) is 0 Å². The second kappa shape index (κ2) is 5.72. The highest BCUT2D eigenvalue weighted by Crippen LogP contribution is 2.03. The third-order valence-corrected chi connectivity index (χ3v) is 2.50. The van der Waals surface area contributed by atoms with E-state index >= 15 is 0 Å². The quantitative estimate of drug-likeness (QED) is 0.659. The van der Waals surface area contributed by atoms with Gasteiger partial charge in [-0.1, -0.05) is 24.3 Å². The average molecular weight is 239 g/mol. The maximum absolute atomic E-state index is 11.7. The lowest BCUT2D eigenvalue weighted by atomic mass is 10.1. The van der Waals surface area contributed by atoms with Gasteiger partial charge in [0.15, 0.2) is 0 Å². The smallest absolute Gasteiger partial charge is 0.267 e. The Labute approximate surface area is 105 Å². The van der Waals surface area contributed by atoms with E-state index in [2.05, 4.69) is 15.5 Å². The van der Waals surface area contributed by atoms with Crippen molar-refractivity contribution >= 4 is 12.1 Å². The minimum atomic E-state index is -0.248. The summed E-state index contributed by atoms with van der Waals surface area (Å²) in [5, 5.41) is 3.93. The summed E-state index contributed by atoms with van der Waals surface area (Å²) in [4.78, 5) is 15.5. The molecule has 1 aromatic carbocycles. The van der Waals surface area contributed by atoms with Gasteiger partial charge in [0.2, 0.25) is 0 Å². The van der Waals surface area contributed by atoms with Crippen LogP contribution in [0, 0.1) is 6.92 Å². The molecule has 0 bridgehead atoms. The molecule has 0 saturated heterocycles. The van der Waals surface area contributed by atoms with Crippen molar-refractivity contribution in [3.8, 4) is 0 Å². The van der Waals surface area contributed by atoms with Crippen LogP contribution < -0.4 is 5.43 Å². The molecule has 0 spiro atoms. The van der Waals surface area contributed by atoms with E-state index in [-0.39, 0.29) is 5.91 Å². The van der Waals surface area contributed by atoms with Gasteiger partial charge in [0.25, 0.3) is 5.91 Å². The number of pyridine rings is 1. The Hall–Kier alpha value is -2.49. The number of amides is 1. The number of carbonyl (C=O) groups is 1. The van der Waals surface area contributed by atoms with Crippen molar-refractivity contribution in [3.05, 3.63) is 65.5 Å². The predicted molar refractivity (Wildman–Crippen MR) is 70.5 cm³/mol. The largest absolute Gasteiger partial charge is 0.271 e. The molecule has 1 heterocycles. The fraction of sp³-hybridized carbons (Fsp3) is 0.0714. The minimum Gasteiger partial charge on any atom is -0.267 e. The Morgan fingerprint density at radius 3 is 2.67 bits per heavy atom. The van der Waals surface area contributed by atoms with Crippen LogP contribution in [0.5, 0.6) is 0 Å². The summed E-state index contributed by atoms with van der Waals surface area (Å²) in [6.45, 7) is 1.99. The second-order valence-electron chi connectivity index (χ2n) is 3.79. The van der Waals surface area contributed by atoms with Crippen molar-refractivity contribution in [2.45, 2.75) is 6.92 Å². The summed E-state index contributed by atoms with van der Waals surface area (Å²) in [6, 6.07) is 11.1. The normalized spacial score (nSPS) is 10.5. The molecule has 1 aromatic heterocycles. The SMILES string of the molecule is Cc1ccccc1/C=N\NC(=O)c1ccncc1. The third kappa shape index (κ3) is 3.01. The van der Waals surface area contributed by atoms with Gasteiger partial charge in [-0.3, -0.25) is 9.78 Å². The zero-order valence-corrected chi connectivity index (χ0v) is 10.00. The molecule has 0 saturated carbocycles. The summed E-state index contributed by atoms with van der Waals surface area (Å²) in [5.74, 6) is -0.248. The van der Waals surface area contributed by atoms with Crippen molar-refractivity contribution in [3.63, 3.8) is 0 Å². The highest BCUT2D eigenvalue weighted by Gasteiger charge is 2.01. The zero-order valence-electron chi connectivity index (χ0n) is 10.00. The lowest BCUT2D eigenvalue weighted by molar-refractivity contribution is 0.0955. The van der Waals surface area contributed by atoms with Gasteiger partial charge in [-0.05, 0) is 30.2 Å². The van der Waals surface area contributed by atoms with Gasteiger partial charge < -0.3 is 0 Å². The number of aromatic nitrogens is 1. The monoisotopic (exact) mass is 239 g/mol. The standard InChI is InChI=1S/C14H13N3O/c1-11-4-2-3-5-13(11)10-16-17-14(18)12-6-8-15-9-7-12/h2-10H,1H3,(H,17,18)/b16-10-. The molecular formula is C14H13N3O. The van der Waals surface area contributed by atoms with Crippen LogP contribution in [0.15, 0.2) is 53.9 Å². The average Bonchev–Trinajstić information content (AvgIpc) is 2.42. The van der Waals surface area contributed by atoms with Gasteiger partial charge >= 0.3 is 0 Å². The molecule has 0 unspecified atom stereocenters. The lowest BCUT2D eigenvalue weighted by Gasteiger charge is -2.00. The number of aryl methyl sites for hydroxylation is 1. The third-order valence-electron chi connectivity index (χ3n) is 2.50. The first-order valence-electron chi connectivity index (χ1n) is 5.56. The van der Waals surface area contributed by atoms with Crippen molar-refractivity contribution in [2.75, 3.05) is 0 Å². The van der Waals surface area contributed by atoms with Crippen molar-refractivity contribution in [2.24, 2.45) is 5.10 Å². The molecule has 4 heteroatoms. The Morgan fingerprint density at radius 2 is 1.94 bits per heavy atom. The first-order valence-corrected chi connectivity index (χ1v) is 5.56. The molecule has 0 aliphatic heterocycles. The molecule has 1 N–H and O–H groups in total. The van der Waals surface area contributed by atoms with Crippen LogP contribution in [-0.2, 0) is 0 Å². The zero-order chi connectivity index (χ0) is 12.8. The van der Waals surface area contributed by atoms with Crippen LogP contribution in [0.2, 0.25) is 0 Å². The Balaban J connectivity index is 2.00. The summed E-state index contributed by atoms with van der Waals surface area (Å²) < 4.78 is 0. The number of rotatable bonds is 3. The number of carbonyl (C=O) groups excluding carboxylic acids is 1. The van der Waals surface area contributed by atoms with Gasteiger partial charge in [-0.25, -0.2) is 5.43 Å². The van der Waals surface area contributed by atoms with E-state index in [1.165, 1.54) is 0 Å². The summed E-state index contributed by atoms with van der Waals surface area (Å²) >= 11 is 0. The van der Waals surface area contributed by atoms with Crippen LogP contribution in [0.3, 0.4) is 0 Å². The van der Waals surface area contributed by atoms with Gasteiger partial charge in [-0.15, -0.1) is 0 Å². The van der Waals surface area contributed by atoms with E-state index in [4.69, 9.17) is 0 Å². The summed E-state index contributed by atoms with van der Waals surface area (Å²) in [5.41, 5.74) is 5.10. The van der Waals surface area contributed by atoms with Crippen LogP contribution >= 0.6 is 0 Å². The predicted octanol–water partition coefficient (Wildman–Crippen LogP) is 2.15. The fourth-order valence-electron chi connectivity index (χ4n) is 1.46. The highest BCUT2D eigenvalue weighted by molar-refractivity contribution is 5.94. The molecule has 0 fully saturated rings. The van der Waals surface area contributed by atoms with E-state index in [9.17, 15) is 4.79 Å². The van der Waals surface area contributed by atoms with E-state index in [1.54, 1.807) is 30.7 Å². The van der Waals surface area contributed by atoms with E-state index in [0.717, 1.165) is 11.1 Å². The van der Waals surface area contributed by atoms with Crippen LogP contribution in [0.4, 0.5) is 0 Å². The molecule has 90 valence electrons. The van der Waals surface area contributed by atoms with Gasteiger partial charge in [-0.2, -0.15) is 5.10 Å². The molecule has 0 radical (unpaired) electrons. The number of hydrogen-bond donors (Lipinski definition) is 1. The molecule has 0 aliphatic carbocycles. The first kappa shape index (κ1) is 12.0. The summed E-state index contributed by atoms with van der Waals surface area (Å²) in [6.07, 6.45) is 4.77. The number of hydrogen-bond acceptors (Lipinski definition) is 3. The Morgan fingerprint density at radius 1 is 1.22 bits per heavy atom. The topological polar surface area (TPSA) is 54.4 Å². The Bertz CT molecular complexity index is 564. The van der Waals surface area contributed by atoms with Gasteiger partial charge in [0, 0.05) is 18.0 Å². The minimum absolute atomic E-state index is 0.248. The second-order valence-corrected chi connectivity index (χ2v) is 3.79. The van der Waals surface area contributed by atoms with E-state index in [0.29, 0.717) is 5.56 Å². The van der Waals surface area contributed by atoms with Crippen LogP contribution in [0.1, 0.15) is 21.5 Å². The van der Waals surface area contributed by atoms with E-state index < -0.39 is 0 Å². The molecule has 18 heavy (non-hydrogen) atoms. The van der Waals surface area contributed by atoms with Gasteiger partial charge in [0.1, 0.15) is 0 Å². The van der Waals surface area contributed by atoms with Crippen molar-refractivity contribution in [1.29, 1.82) is 0 Å². The summed E-state index contributed by atoms with van der Waals surface area (Å²) in [7, 11) is 0. The molecule has 2 aromatic rings. The molecule has 4 nitrogen and oxygen atoms in total. The molecule has 0 aliphatic rings. The van der Waals surface area contributed by atoms with Crippen LogP contribution in [-0.4, -0.2) is 17.1 Å². The van der Waals surface area contributed by atoms with Gasteiger partial charge in [0.05, 0.1) is 6.21 Å². The van der Waals surface area contributed by atoms with E-state index in [1.807, 2.05) is 31.2 Å². The maximum Gasteiger partial charge on any atom is 0.271 e. The molecule has 1 amide bonds. The van der Waals surface area contributed by atoms with Crippen molar-refractivity contribution < 1.29 is 4.79 Å². The van der Waals surface area contributed by atoms with Crippen molar-refractivity contribution in [1.82, 2.24) is 10.4 Å². The highest BCUT2D eigenvalue weighted by atomic mass is 16.2. The maximum atomic E-state index is 11.7. The molecule has 0 atom stereocenters.